The van der Waals surface area contributed by atoms with Crippen molar-refractivity contribution in [3.63, 3.8) is 0 Å². The standard InChI is InChI=1S/C4H7.2H3P.Pd/c1-3-4-2;;;/h3-4H,1H2,2H3;2*1H3;/q-1;;;. The van der Waals surface area contributed by atoms with Crippen LogP contribution in [0.1, 0.15) is 6.92 Å². The second-order valence-corrected chi connectivity index (χ2v) is 0.569. The van der Waals surface area contributed by atoms with Gasteiger partial charge in [0.15, 0.2) is 0 Å². The summed E-state index contributed by atoms with van der Waals surface area (Å²) in [4.78, 5) is 0. The van der Waals surface area contributed by atoms with Gasteiger partial charge in [-0.25, -0.2) is 19.1 Å². The fourth-order valence-corrected chi connectivity index (χ4v) is 0. The molecule has 0 aromatic carbocycles. The number of hydrogen-bond donors (Lipinski definition) is 0. The van der Waals surface area contributed by atoms with Crippen molar-refractivity contribution in [2.45, 2.75) is 6.92 Å². The van der Waals surface area contributed by atoms with Crippen LogP contribution in [0.25, 0.3) is 0 Å². The van der Waals surface area contributed by atoms with Crippen LogP contribution in [0.2, 0.25) is 0 Å². The Morgan fingerprint density at radius 3 is 1.57 bits per heavy atom. The van der Waals surface area contributed by atoms with Crippen LogP contribution in [-0.4, -0.2) is 0 Å². The molecule has 0 radical (unpaired) electrons. The Balaban J connectivity index is -0.0000000150. The number of hydrogen-bond acceptors (Lipinski definition) is 0. The maximum absolute atomic E-state index is 3.42. The molecule has 3 heteroatoms. The van der Waals surface area contributed by atoms with Crippen molar-refractivity contribution in [3.05, 3.63) is 19.1 Å². The van der Waals surface area contributed by atoms with E-state index >= 15 is 0 Å². The molecular weight excluding hydrogens is 216 g/mol. The molecule has 0 saturated heterocycles. The minimum atomic E-state index is 0. The maximum Gasteiger partial charge on any atom is 0 e. The van der Waals surface area contributed by atoms with Gasteiger partial charge < -0.3 is 0 Å². The molecule has 0 N–H and O–H groups in total. The van der Waals surface area contributed by atoms with Crippen LogP contribution in [0.3, 0.4) is 0 Å². The minimum absolute atomic E-state index is 0. The molecule has 2 atom stereocenters. The summed E-state index contributed by atoms with van der Waals surface area (Å²) in [7, 11) is 0. The SMILES string of the molecule is C=C[CH-]C.P.P.[Pd]. The van der Waals surface area contributed by atoms with E-state index in [4.69, 9.17) is 0 Å². The normalized spacial score (nSPS) is 3.00. The van der Waals surface area contributed by atoms with E-state index in [1.54, 1.807) is 6.08 Å². The van der Waals surface area contributed by atoms with E-state index in [0.717, 1.165) is 0 Å². The van der Waals surface area contributed by atoms with Gasteiger partial charge >= 0.3 is 0 Å². The van der Waals surface area contributed by atoms with Crippen molar-refractivity contribution < 1.29 is 20.4 Å². The second-order valence-electron chi connectivity index (χ2n) is 0.569. The van der Waals surface area contributed by atoms with Crippen LogP contribution in [0, 0.1) is 6.42 Å². The maximum atomic E-state index is 3.42. The zero-order valence-corrected chi connectivity index (χ0v) is 8.98. The molecule has 0 rings (SSSR count). The molecule has 0 saturated carbocycles. The quantitative estimate of drug-likeness (QED) is 0.363. The van der Waals surface area contributed by atoms with Crippen LogP contribution in [0.15, 0.2) is 12.7 Å². The van der Waals surface area contributed by atoms with E-state index in [-0.39, 0.29) is 40.2 Å². The molecule has 7 heavy (non-hydrogen) atoms. The van der Waals surface area contributed by atoms with Gasteiger partial charge in [-0.2, -0.15) is 19.8 Å². The zero-order valence-electron chi connectivity index (χ0n) is 4.59. The fraction of sp³-hybridized carbons (Fsp3) is 0.250. The van der Waals surface area contributed by atoms with E-state index in [0.29, 0.717) is 0 Å². The van der Waals surface area contributed by atoms with Gasteiger partial charge in [-0.15, -0.1) is 6.92 Å². The first-order chi connectivity index (χ1) is 1.91. The Hall–Kier alpha value is 1.13. The van der Waals surface area contributed by atoms with Crippen molar-refractivity contribution in [2.24, 2.45) is 0 Å². The Bertz CT molecular complexity index is 23.7. The summed E-state index contributed by atoms with van der Waals surface area (Å²) in [6, 6.07) is 0. The first-order valence-electron chi connectivity index (χ1n) is 1.32. The van der Waals surface area contributed by atoms with Crippen molar-refractivity contribution in [2.75, 3.05) is 0 Å². The van der Waals surface area contributed by atoms with E-state index < -0.39 is 0 Å². The third-order valence-corrected chi connectivity index (χ3v) is 0.236. The van der Waals surface area contributed by atoms with Gasteiger partial charge in [0, 0.05) is 20.4 Å². The largest absolute Gasteiger partial charge is 0.245 e. The predicted molar refractivity (Wildman–Crippen MR) is 42.4 cm³/mol. The molecule has 0 heterocycles. The first kappa shape index (κ1) is 24.2. The average molecular weight is 230 g/mol. The van der Waals surface area contributed by atoms with E-state index in [2.05, 4.69) is 6.58 Å². The summed E-state index contributed by atoms with van der Waals surface area (Å²) >= 11 is 0. The van der Waals surface area contributed by atoms with Gasteiger partial charge in [-0.3, -0.25) is 0 Å². The van der Waals surface area contributed by atoms with Crippen molar-refractivity contribution in [1.82, 2.24) is 0 Å². The van der Waals surface area contributed by atoms with Crippen LogP contribution in [-0.2, 0) is 20.4 Å². The molecule has 2 unspecified atom stereocenters. The van der Waals surface area contributed by atoms with Crippen LogP contribution in [0.4, 0.5) is 0 Å². The average Bonchev–Trinajstić information content (AvgIpc) is 1.37. The van der Waals surface area contributed by atoms with E-state index in [1.165, 1.54) is 0 Å². The van der Waals surface area contributed by atoms with E-state index in [9.17, 15) is 0 Å². The van der Waals surface area contributed by atoms with Gasteiger partial charge in [-0.1, -0.05) is 0 Å². The van der Waals surface area contributed by atoms with E-state index in [1.807, 2.05) is 13.3 Å². The van der Waals surface area contributed by atoms with Crippen molar-refractivity contribution >= 4 is 19.8 Å². The van der Waals surface area contributed by atoms with Crippen LogP contribution < -0.4 is 0 Å². The van der Waals surface area contributed by atoms with Gasteiger partial charge in [0.2, 0.25) is 0 Å². The topological polar surface area (TPSA) is 0 Å². The third-order valence-electron chi connectivity index (χ3n) is 0.236. The summed E-state index contributed by atoms with van der Waals surface area (Å²) in [6.45, 7) is 5.36. The smallest absolute Gasteiger partial charge is 0 e. The summed E-state index contributed by atoms with van der Waals surface area (Å²) in [5, 5.41) is 0. The summed E-state index contributed by atoms with van der Waals surface area (Å²) in [6.07, 6.45) is 3.64. The molecule has 0 aromatic heterocycles. The molecule has 0 aliphatic carbocycles. The summed E-state index contributed by atoms with van der Waals surface area (Å²) in [5.74, 6) is 0. The van der Waals surface area contributed by atoms with Gasteiger partial charge in [0.1, 0.15) is 0 Å². The van der Waals surface area contributed by atoms with Crippen LogP contribution in [0.5, 0.6) is 0 Å². The minimum Gasteiger partial charge on any atom is -0.245 e. The molecule has 0 bridgehead atoms. The molecule has 0 fully saturated rings. The molecule has 0 nitrogen and oxygen atoms in total. The molecule has 0 aliphatic rings. The molecule has 0 amide bonds. The Kier molecular flexibility index (Phi) is 94.6. The predicted octanol–water partition coefficient (Wildman–Crippen LogP) is 1.51. The number of rotatable bonds is 1. The second kappa shape index (κ2) is 27.3. The number of allylic oxidation sites excluding steroid dienone is 1. The first-order valence-corrected chi connectivity index (χ1v) is 1.32. The van der Waals surface area contributed by atoms with Crippen LogP contribution >= 0.6 is 19.8 Å². The van der Waals surface area contributed by atoms with Gasteiger partial charge in [-0.05, 0) is 0 Å². The Labute approximate surface area is 66.4 Å². The third kappa shape index (κ3) is 41.3. The van der Waals surface area contributed by atoms with Gasteiger partial charge in [0.05, 0.1) is 0 Å². The summed E-state index contributed by atoms with van der Waals surface area (Å²) in [5.41, 5.74) is 0. The molecule has 0 aromatic rings. The van der Waals surface area contributed by atoms with Crippen molar-refractivity contribution in [1.29, 1.82) is 0 Å². The monoisotopic (exact) mass is 229 g/mol. The Morgan fingerprint density at radius 1 is 1.43 bits per heavy atom. The molecule has 0 aliphatic heterocycles. The van der Waals surface area contributed by atoms with Crippen molar-refractivity contribution in [3.8, 4) is 0 Å². The molecule has 50 valence electrons. The van der Waals surface area contributed by atoms with Gasteiger partial charge in [0.25, 0.3) is 0 Å². The molecular formula is C4H13P2Pd-. The zero-order chi connectivity index (χ0) is 3.41. The fourth-order valence-electron chi connectivity index (χ4n) is 0. The summed E-state index contributed by atoms with van der Waals surface area (Å²) < 4.78 is 0. The molecule has 0 spiro atoms. The Morgan fingerprint density at radius 2 is 1.57 bits per heavy atom.